The zero-order valence-corrected chi connectivity index (χ0v) is 15.3. The van der Waals surface area contributed by atoms with Gasteiger partial charge in [-0.1, -0.05) is 12.2 Å². The van der Waals surface area contributed by atoms with Crippen LogP contribution in [0.2, 0.25) is 0 Å². The van der Waals surface area contributed by atoms with Crippen molar-refractivity contribution >= 4 is 16.1 Å². The Morgan fingerprint density at radius 1 is 1.27 bits per heavy atom. The summed E-state index contributed by atoms with van der Waals surface area (Å²) in [6.07, 6.45) is 5.49. The molecule has 6 aliphatic rings. The lowest BCUT2D eigenvalue weighted by Crippen LogP contribution is -2.63. The number of hydrogen-bond acceptors (Lipinski definition) is 8. The number of ether oxygens (including phenoxy) is 4. The fourth-order valence-electron chi connectivity index (χ4n) is 5.00. The Morgan fingerprint density at radius 3 is 2.69 bits per heavy atom. The highest BCUT2D eigenvalue weighted by Crippen LogP contribution is 2.69. The molecule has 5 aliphatic heterocycles. The molecule has 1 saturated carbocycles. The van der Waals surface area contributed by atoms with E-state index in [1.54, 1.807) is 13.0 Å². The molecule has 0 radical (unpaired) electrons. The van der Waals surface area contributed by atoms with Gasteiger partial charge in [0, 0.05) is 12.5 Å². The summed E-state index contributed by atoms with van der Waals surface area (Å²) >= 11 is 0. The van der Waals surface area contributed by atoms with Crippen molar-refractivity contribution in [1.29, 1.82) is 0 Å². The van der Waals surface area contributed by atoms with Gasteiger partial charge in [-0.25, -0.2) is 0 Å². The van der Waals surface area contributed by atoms with Crippen LogP contribution in [0, 0.1) is 5.41 Å². The molecule has 9 heteroatoms. The Kier molecular flexibility index (Phi) is 3.02. The number of esters is 1. The molecule has 0 aromatic heterocycles. The summed E-state index contributed by atoms with van der Waals surface area (Å²) in [4.78, 5) is 13.4. The third-order valence-electron chi connectivity index (χ3n) is 6.20. The van der Waals surface area contributed by atoms with Crippen molar-refractivity contribution in [2.24, 2.45) is 5.41 Å². The van der Waals surface area contributed by atoms with E-state index in [-0.39, 0.29) is 11.5 Å². The topological polar surface area (TPSA) is 97.4 Å². The van der Waals surface area contributed by atoms with E-state index in [9.17, 15) is 13.2 Å². The molecule has 0 unspecified atom stereocenters. The zero-order chi connectivity index (χ0) is 18.4. The maximum atomic E-state index is 13.4. The Morgan fingerprint density at radius 2 is 2.00 bits per heavy atom. The van der Waals surface area contributed by atoms with Crippen molar-refractivity contribution in [1.82, 2.24) is 0 Å². The summed E-state index contributed by atoms with van der Waals surface area (Å²) < 4.78 is 54.0. The van der Waals surface area contributed by atoms with Crippen LogP contribution in [0.4, 0.5) is 0 Å². The van der Waals surface area contributed by atoms with Crippen LogP contribution in [0.1, 0.15) is 26.7 Å². The standard InChI is InChI=1S/C17H20O8S/c1-3-26(19,20)25-12-10-14(2)11-4-5-15(23-11)6-7-16(21-8-9-22-16)17(12,15)13(18)24-14/h4-5,10-11H,3,6-9H2,1-2H3/t11-,14-,15-,17+/m1/s1. The van der Waals surface area contributed by atoms with Crippen LogP contribution in [-0.4, -0.2) is 56.4 Å². The normalized spacial score (nSPS) is 44.8. The van der Waals surface area contributed by atoms with Crippen molar-refractivity contribution < 1.29 is 36.3 Å². The van der Waals surface area contributed by atoms with Gasteiger partial charge in [-0.05, 0) is 20.3 Å². The number of carbonyl (C=O) groups excluding carboxylic acids is 1. The van der Waals surface area contributed by atoms with Crippen LogP contribution in [0.25, 0.3) is 0 Å². The van der Waals surface area contributed by atoms with Gasteiger partial charge in [0.1, 0.15) is 17.5 Å². The molecule has 8 nitrogen and oxygen atoms in total. The molecule has 0 N–H and O–H groups in total. The minimum atomic E-state index is -3.89. The molecule has 2 saturated heterocycles. The monoisotopic (exact) mass is 384 g/mol. The molecular formula is C17H20O8S. The summed E-state index contributed by atoms with van der Waals surface area (Å²) in [5, 5.41) is 0. The van der Waals surface area contributed by atoms with Crippen LogP contribution < -0.4 is 0 Å². The molecule has 6 rings (SSSR count). The molecule has 3 spiro atoms. The van der Waals surface area contributed by atoms with Crippen molar-refractivity contribution in [2.75, 3.05) is 19.0 Å². The quantitative estimate of drug-likeness (QED) is 0.400. The minimum absolute atomic E-state index is 0.00986. The SMILES string of the molecule is CCS(=O)(=O)OC1=C[C@@]2(C)OC(=O)[C@@]13C1(CC[C@]34C=C[C@H]2O4)OCCO1. The maximum Gasteiger partial charge on any atom is 0.329 e. The van der Waals surface area contributed by atoms with Crippen LogP contribution in [0.15, 0.2) is 24.0 Å². The first-order valence-electron chi connectivity index (χ1n) is 8.77. The minimum Gasteiger partial charge on any atom is -0.451 e. The molecule has 4 bridgehead atoms. The second-order valence-corrected chi connectivity index (χ2v) is 9.36. The van der Waals surface area contributed by atoms with Crippen LogP contribution in [0.3, 0.4) is 0 Å². The molecule has 0 aromatic rings. The summed E-state index contributed by atoms with van der Waals surface area (Å²) in [6, 6.07) is 0. The second-order valence-electron chi connectivity index (χ2n) is 7.50. The number of rotatable bonds is 3. The van der Waals surface area contributed by atoms with Crippen LogP contribution in [-0.2, 0) is 38.0 Å². The van der Waals surface area contributed by atoms with Gasteiger partial charge >= 0.3 is 16.1 Å². The predicted molar refractivity (Wildman–Crippen MR) is 86.2 cm³/mol. The fraction of sp³-hybridized carbons (Fsp3) is 0.706. The molecule has 3 fully saturated rings. The fourth-order valence-corrected chi connectivity index (χ4v) is 5.56. The van der Waals surface area contributed by atoms with E-state index in [0.717, 1.165) is 0 Å². The van der Waals surface area contributed by atoms with Crippen LogP contribution in [0.5, 0.6) is 0 Å². The summed E-state index contributed by atoms with van der Waals surface area (Å²) in [6.45, 7) is 3.75. The van der Waals surface area contributed by atoms with Gasteiger partial charge in [-0.2, -0.15) is 8.42 Å². The summed E-state index contributed by atoms with van der Waals surface area (Å²) in [5.74, 6) is -2.24. The first-order chi connectivity index (χ1) is 12.2. The third kappa shape index (κ3) is 1.66. The summed E-state index contributed by atoms with van der Waals surface area (Å²) in [7, 11) is -3.89. The molecule has 0 aromatic carbocycles. The average Bonchev–Trinajstić information content (AvgIpc) is 3.25. The Hall–Kier alpha value is -1.42. The first kappa shape index (κ1) is 16.7. The maximum absolute atomic E-state index is 13.4. The average molecular weight is 384 g/mol. The van der Waals surface area contributed by atoms with Gasteiger partial charge in [0.15, 0.2) is 11.4 Å². The molecule has 1 aliphatic carbocycles. The highest BCUT2D eigenvalue weighted by atomic mass is 32.2. The van der Waals surface area contributed by atoms with Gasteiger partial charge in [0.25, 0.3) is 0 Å². The van der Waals surface area contributed by atoms with E-state index >= 15 is 0 Å². The molecule has 0 amide bonds. The van der Waals surface area contributed by atoms with Gasteiger partial charge in [-0.3, -0.25) is 4.79 Å². The second kappa shape index (κ2) is 4.70. The largest absolute Gasteiger partial charge is 0.451 e. The smallest absolute Gasteiger partial charge is 0.329 e. The van der Waals surface area contributed by atoms with E-state index in [0.29, 0.717) is 26.1 Å². The first-order valence-corrected chi connectivity index (χ1v) is 10.3. The molecular weight excluding hydrogens is 364 g/mol. The number of hydrogen-bond donors (Lipinski definition) is 0. The van der Waals surface area contributed by atoms with Crippen molar-refractivity contribution in [3.05, 3.63) is 24.0 Å². The van der Waals surface area contributed by atoms with Crippen molar-refractivity contribution in [3.8, 4) is 0 Å². The van der Waals surface area contributed by atoms with Gasteiger partial charge < -0.3 is 23.1 Å². The lowest BCUT2D eigenvalue weighted by atomic mass is 9.67. The van der Waals surface area contributed by atoms with E-state index < -0.39 is 44.6 Å². The number of fused-ring (bicyclic) bond motifs is 1. The number of carbonyl (C=O) groups is 1. The molecule has 5 heterocycles. The van der Waals surface area contributed by atoms with E-state index in [4.69, 9.17) is 23.1 Å². The van der Waals surface area contributed by atoms with Crippen molar-refractivity contribution in [2.45, 2.75) is 49.8 Å². The van der Waals surface area contributed by atoms with Gasteiger partial charge in [0.05, 0.1) is 19.0 Å². The highest BCUT2D eigenvalue weighted by molar-refractivity contribution is 7.86. The van der Waals surface area contributed by atoms with Crippen molar-refractivity contribution in [3.63, 3.8) is 0 Å². The van der Waals surface area contributed by atoms with E-state index in [1.807, 2.05) is 12.2 Å². The zero-order valence-electron chi connectivity index (χ0n) is 14.5. The van der Waals surface area contributed by atoms with E-state index in [2.05, 4.69) is 0 Å². The lowest BCUT2D eigenvalue weighted by molar-refractivity contribution is -0.246. The van der Waals surface area contributed by atoms with Gasteiger partial charge in [0.2, 0.25) is 5.41 Å². The van der Waals surface area contributed by atoms with Gasteiger partial charge in [-0.15, -0.1) is 0 Å². The lowest BCUT2D eigenvalue weighted by Gasteiger charge is -2.47. The van der Waals surface area contributed by atoms with Crippen LogP contribution >= 0.6 is 0 Å². The Labute approximate surface area is 151 Å². The molecule has 4 atom stereocenters. The highest BCUT2D eigenvalue weighted by Gasteiger charge is 2.84. The summed E-state index contributed by atoms with van der Waals surface area (Å²) in [5.41, 5.74) is -3.94. The molecule has 26 heavy (non-hydrogen) atoms. The molecule has 142 valence electrons. The Balaban J connectivity index is 1.81. The Bertz CT molecular complexity index is 854. The van der Waals surface area contributed by atoms with E-state index in [1.165, 1.54) is 6.92 Å². The predicted octanol–water partition coefficient (Wildman–Crippen LogP) is 0.783. The third-order valence-corrected chi connectivity index (χ3v) is 7.34.